The molecule has 52 heavy (non-hydrogen) atoms. The van der Waals surface area contributed by atoms with Crippen molar-refractivity contribution in [3.05, 3.63) is 63.9 Å². The average Bonchev–Trinajstić information content (AvgIpc) is 3.67. The van der Waals surface area contributed by atoms with Crippen molar-refractivity contribution < 1.29 is 52.9 Å². The molecule has 0 unspecified atom stereocenters. The van der Waals surface area contributed by atoms with E-state index < -0.39 is 48.1 Å². The molecule has 282 valence electrons. The maximum atomic E-state index is 13.0. The maximum absolute atomic E-state index is 13.0. The number of ether oxygens (including phenoxy) is 3. The first-order valence-electron chi connectivity index (χ1n) is 16.8. The molecular formula is C35H45N5O11S. The number of carbonyl (C=O) groups is 7. The van der Waals surface area contributed by atoms with Gasteiger partial charge >= 0.3 is 5.97 Å². The van der Waals surface area contributed by atoms with Gasteiger partial charge in [-0.2, -0.15) is 0 Å². The Morgan fingerprint density at radius 2 is 1.48 bits per heavy atom. The Morgan fingerprint density at radius 3 is 2.15 bits per heavy atom. The van der Waals surface area contributed by atoms with Crippen LogP contribution in [0.4, 0.5) is 5.69 Å². The van der Waals surface area contributed by atoms with Crippen LogP contribution in [0, 0.1) is 6.92 Å². The number of benzene rings is 1. The molecule has 0 bridgehead atoms. The van der Waals surface area contributed by atoms with Gasteiger partial charge in [0.2, 0.25) is 23.6 Å². The van der Waals surface area contributed by atoms with Crippen LogP contribution in [-0.2, 0) is 54.2 Å². The molecule has 0 aliphatic carbocycles. The fraction of sp³-hybridized carbons (Fsp3) is 0.457. The van der Waals surface area contributed by atoms with E-state index in [0.717, 1.165) is 10.5 Å². The normalized spacial score (nSPS) is 12.8. The molecule has 16 nitrogen and oxygen atoms in total. The monoisotopic (exact) mass is 743 g/mol. The Balaban J connectivity index is 1.21. The Morgan fingerprint density at radius 1 is 0.808 bits per heavy atom. The number of nitrogens with zero attached hydrogens (tertiary/aromatic N) is 1. The molecule has 5 N–H and O–H groups in total. The zero-order valence-corrected chi connectivity index (χ0v) is 29.8. The minimum atomic E-state index is -1.13. The van der Waals surface area contributed by atoms with Gasteiger partial charge < -0.3 is 40.6 Å². The van der Waals surface area contributed by atoms with Gasteiger partial charge in [0.05, 0.1) is 46.2 Å². The van der Waals surface area contributed by atoms with E-state index in [1.807, 2.05) is 31.2 Å². The zero-order valence-electron chi connectivity index (χ0n) is 29.0. The van der Waals surface area contributed by atoms with E-state index in [0.29, 0.717) is 12.1 Å². The Hall–Kier alpha value is -4.97. The molecule has 1 aliphatic rings. The lowest BCUT2D eigenvalue weighted by molar-refractivity contribution is -0.138. The third-order valence-corrected chi connectivity index (χ3v) is 8.36. The third-order valence-electron chi connectivity index (χ3n) is 7.36. The van der Waals surface area contributed by atoms with Gasteiger partial charge in [-0.3, -0.25) is 38.5 Å². The molecule has 2 aromatic rings. The second-order valence-corrected chi connectivity index (χ2v) is 12.9. The van der Waals surface area contributed by atoms with Crippen molar-refractivity contribution in [2.24, 2.45) is 0 Å². The first-order valence-corrected chi connectivity index (χ1v) is 17.6. The standard InChI is InChI=1S/C35H45N5O11S/c1-24-5-6-27(52-24)22-25-3-2-4-26(21-25)38-35(48)28(7-10-34(46)47)39-31(43)23-37-30(42)12-15-49-17-19-51-20-18-50-16-13-36-29(41)11-14-40-32(44)8-9-33(40)45/h2-6,8-9,21,28H,7,10-20,22-23H2,1H3,(H,36,41)(H,37,42)(H,38,48)(H,39,43)(H,46,47)/t28-/m0/s1. The number of nitrogens with one attached hydrogen (secondary N) is 4. The van der Waals surface area contributed by atoms with Crippen LogP contribution in [0.1, 0.15) is 41.0 Å². The van der Waals surface area contributed by atoms with Crippen LogP contribution in [0.5, 0.6) is 0 Å². The Labute approximate surface area is 305 Å². The second kappa shape index (κ2) is 22.8. The number of carbonyl (C=O) groups excluding carboxylic acids is 6. The summed E-state index contributed by atoms with van der Waals surface area (Å²) in [6.45, 7) is 3.28. The fourth-order valence-electron chi connectivity index (χ4n) is 4.74. The molecule has 1 atom stereocenters. The number of carboxylic acid groups (broad SMARTS) is 1. The number of hydrogen-bond acceptors (Lipinski definition) is 11. The molecule has 1 aromatic heterocycles. The summed E-state index contributed by atoms with van der Waals surface area (Å²) in [6, 6.07) is 10.3. The number of aliphatic carboxylic acids is 1. The largest absolute Gasteiger partial charge is 0.481 e. The fourth-order valence-corrected chi connectivity index (χ4v) is 5.67. The summed E-state index contributed by atoms with van der Waals surface area (Å²) in [5, 5.41) is 19.5. The van der Waals surface area contributed by atoms with Crippen LogP contribution in [0.2, 0.25) is 0 Å². The summed E-state index contributed by atoms with van der Waals surface area (Å²) in [7, 11) is 0. The molecule has 0 saturated carbocycles. The van der Waals surface area contributed by atoms with Gasteiger partial charge in [0.15, 0.2) is 0 Å². The Bertz CT molecular complexity index is 1560. The predicted octanol–water partition coefficient (Wildman–Crippen LogP) is 0.923. The van der Waals surface area contributed by atoms with E-state index in [2.05, 4.69) is 27.3 Å². The number of rotatable bonds is 25. The first-order chi connectivity index (χ1) is 25.0. The van der Waals surface area contributed by atoms with Gasteiger partial charge in [0.1, 0.15) is 6.04 Å². The highest BCUT2D eigenvalue weighted by molar-refractivity contribution is 7.11. The van der Waals surface area contributed by atoms with Crippen LogP contribution < -0.4 is 21.3 Å². The van der Waals surface area contributed by atoms with Crippen molar-refractivity contribution >= 4 is 58.4 Å². The Kier molecular flexibility index (Phi) is 18.1. The maximum Gasteiger partial charge on any atom is 0.303 e. The highest BCUT2D eigenvalue weighted by Gasteiger charge is 2.24. The smallest absolute Gasteiger partial charge is 0.303 e. The average molecular weight is 744 g/mol. The highest BCUT2D eigenvalue weighted by Crippen LogP contribution is 2.21. The van der Waals surface area contributed by atoms with E-state index in [1.54, 1.807) is 17.4 Å². The van der Waals surface area contributed by atoms with E-state index in [-0.39, 0.29) is 84.3 Å². The molecule has 6 amide bonds. The molecule has 1 aliphatic heterocycles. The number of aryl methyl sites for hydroxylation is 1. The topological polar surface area (TPSA) is 219 Å². The third kappa shape index (κ3) is 16.4. The number of hydrogen-bond donors (Lipinski definition) is 5. The molecule has 3 rings (SSSR count). The van der Waals surface area contributed by atoms with Gasteiger partial charge in [0.25, 0.3) is 11.8 Å². The van der Waals surface area contributed by atoms with E-state index >= 15 is 0 Å². The molecule has 0 saturated heterocycles. The van der Waals surface area contributed by atoms with E-state index in [9.17, 15) is 33.6 Å². The van der Waals surface area contributed by atoms with Crippen LogP contribution in [0.3, 0.4) is 0 Å². The van der Waals surface area contributed by atoms with Gasteiger partial charge in [-0.05, 0) is 43.2 Å². The summed E-state index contributed by atoms with van der Waals surface area (Å²) in [5.74, 6) is -3.95. The molecule has 0 fully saturated rings. The minimum Gasteiger partial charge on any atom is -0.481 e. The van der Waals surface area contributed by atoms with Crippen LogP contribution in [0.25, 0.3) is 0 Å². The number of amides is 6. The highest BCUT2D eigenvalue weighted by atomic mass is 32.1. The van der Waals surface area contributed by atoms with Crippen molar-refractivity contribution in [2.45, 2.75) is 45.1 Å². The van der Waals surface area contributed by atoms with E-state index in [4.69, 9.17) is 19.3 Å². The van der Waals surface area contributed by atoms with Gasteiger partial charge in [-0.25, -0.2) is 0 Å². The SMILES string of the molecule is Cc1ccc(Cc2cccc(NC(=O)[C@H](CCC(=O)O)NC(=O)CNC(=O)CCOCCOCCOCCNC(=O)CCN3C(=O)C=CC3=O)c2)s1. The number of carboxylic acids is 1. The zero-order chi connectivity index (χ0) is 37.7. The van der Waals surface area contributed by atoms with Crippen molar-refractivity contribution in [2.75, 3.05) is 64.6 Å². The van der Waals surface area contributed by atoms with Crippen LogP contribution in [0.15, 0.2) is 48.6 Å². The number of thiophene rings is 1. The molecule has 17 heteroatoms. The summed E-state index contributed by atoms with van der Waals surface area (Å²) in [4.78, 5) is 87.1. The quantitative estimate of drug-likeness (QED) is 0.0712. The molecule has 2 heterocycles. The predicted molar refractivity (Wildman–Crippen MR) is 189 cm³/mol. The van der Waals surface area contributed by atoms with Crippen molar-refractivity contribution in [3.63, 3.8) is 0 Å². The van der Waals surface area contributed by atoms with Crippen molar-refractivity contribution in [1.82, 2.24) is 20.9 Å². The first kappa shape index (κ1) is 41.5. The van der Waals surface area contributed by atoms with Gasteiger partial charge in [0, 0.05) is 66.4 Å². The number of imide groups is 1. The lowest BCUT2D eigenvalue weighted by Crippen LogP contribution is -2.47. The van der Waals surface area contributed by atoms with Crippen molar-refractivity contribution in [1.29, 1.82) is 0 Å². The second-order valence-electron chi connectivity index (χ2n) is 11.6. The lowest BCUT2D eigenvalue weighted by Gasteiger charge is -2.18. The minimum absolute atomic E-state index is 0.00337. The molecular weight excluding hydrogens is 698 g/mol. The van der Waals surface area contributed by atoms with E-state index in [1.165, 1.54) is 21.9 Å². The molecule has 0 spiro atoms. The lowest BCUT2D eigenvalue weighted by atomic mass is 10.1. The molecule has 1 aromatic carbocycles. The van der Waals surface area contributed by atoms with Crippen molar-refractivity contribution in [3.8, 4) is 0 Å². The van der Waals surface area contributed by atoms with Crippen LogP contribution >= 0.6 is 11.3 Å². The number of anilines is 1. The summed E-state index contributed by atoms with van der Waals surface area (Å²) in [6.07, 6.45) is 2.53. The summed E-state index contributed by atoms with van der Waals surface area (Å²) < 4.78 is 16.1. The summed E-state index contributed by atoms with van der Waals surface area (Å²) in [5.41, 5.74) is 1.50. The summed E-state index contributed by atoms with van der Waals surface area (Å²) >= 11 is 1.69. The van der Waals surface area contributed by atoms with Crippen LogP contribution in [-0.4, -0.2) is 117 Å². The van der Waals surface area contributed by atoms with Gasteiger partial charge in [-0.15, -0.1) is 11.3 Å². The molecule has 0 radical (unpaired) electrons. The van der Waals surface area contributed by atoms with Gasteiger partial charge in [-0.1, -0.05) is 12.1 Å².